The van der Waals surface area contributed by atoms with Gasteiger partial charge < -0.3 is 35.3 Å². The van der Waals surface area contributed by atoms with Gasteiger partial charge in [0, 0.05) is 0 Å². The maximum atomic E-state index is 10.2. The molecule has 0 bridgehead atoms. The van der Waals surface area contributed by atoms with Crippen LogP contribution in [0.4, 0.5) is 0 Å². The Morgan fingerprint density at radius 2 is 1.33 bits per heavy atom. The Bertz CT molecular complexity index is 249. The van der Waals surface area contributed by atoms with Crippen LogP contribution in [0.1, 0.15) is 0 Å². The van der Waals surface area contributed by atoms with Crippen molar-refractivity contribution in [3.8, 4) is 0 Å². The third-order valence-electron chi connectivity index (χ3n) is 1.74. The first-order chi connectivity index (χ1) is 7.19. The average Bonchev–Trinajstić information content (AvgIpc) is 2.21. The molecule has 4 atom stereocenters. The van der Waals surface area contributed by atoms with E-state index in [0.717, 1.165) is 0 Å². The van der Waals surface area contributed by atoms with Crippen LogP contribution in [0.25, 0.3) is 0 Å². The molecule has 0 amide bonds. The Hall–Kier alpha value is 2.43. The molecular formula is C6H19Ca2O9P. The van der Waals surface area contributed by atoms with Crippen LogP contribution in [-0.2, 0) is 9.09 Å². The topological polar surface area (TPSA) is 168 Å². The van der Waals surface area contributed by atoms with Gasteiger partial charge in [-0.3, -0.25) is 4.52 Å². The van der Waals surface area contributed by atoms with Gasteiger partial charge in [0.05, 0.1) is 13.2 Å². The SMILES string of the molecule is O=P(O)(O)OC[C@@H](O)[C@@H](O)[C@H](O)[C@H](O)CO.[CaH2].[CaH2]. The molecule has 0 aromatic heterocycles. The van der Waals surface area contributed by atoms with Crippen molar-refractivity contribution >= 4 is 83.3 Å². The predicted molar refractivity (Wildman–Crippen MR) is 66.2 cm³/mol. The minimum absolute atomic E-state index is 0. The second-order valence-electron chi connectivity index (χ2n) is 3.08. The maximum absolute atomic E-state index is 10.2. The molecule has 0 rings (SSSR count). The molecule has 0 aliphatic heterocycles. The molecular weight excluding hydrogens is 327 g/mol. The van der Waals surface area contributed by atoms with Crippen molar-refractivity contribution in [2.45, 2.75) is 24.4 Å². The van der Waals surface area contributed by atoms with E-state index in [2.05, 4.69) is 4.52 Å². The summed E-state index contributed by atoms with van der Waals surface area (Å²) in [5.74, 6) is 0. The molecule has 0 spiro atoms. The molecule has 0 fully saturated rings. The van der Waals surface area contributed by atoms with Crippen molar-refractivity contribution < 1.29 is 44.4 Å². The van der Waals surface area contributed by atoms with Crippen LogP contribution in [0.15, 0.2) is 0 Å². The molecule has 7 N–H and O–H groups in total. The summed E-state index contributed by atoms with van der Waals surface area (Å²) in [5.41, 5.74) is 0. The molecule has 18 heavy (non-hydrogen) atoms. The van der Waals surface area contributed by atoms with Gasteiger partial charge in [-0.2, -0.15) is 0 Å². The molecule has 0 aliphatic rings. The summed E-state index contributed by atoms with van der Waals surface area (Å²) in [6.45, 7) is -1.77. The molecule has 0 aromatic carbocycles. The second-order valence-corrected chi connectivity index (χ2v) is 4.32. The fourth-order valence-corrected chi connectivity index (χ4v) is 1.18. The monoisotopic (exact) mass is 346 g/mol. The molecule has 0 aliphatic carbocycles. The molecule has 0 aromatic rings. The molecule has 9 nitrogen and oxygen atoms in total. The van der Waals surface area contributed by atoms with Gasteiger partial charge in [-0.15, -0.1) is 0 Å². The molecule has 0 saturated carbocycles. The molecule has 106 valence electrons. The van der Waals surface area contributed by atoms with Crippen LogP contribution in [0.3, 0.4) is 0 Å². The Kier molecular flexibility index (Phi) is 17.0. The van der Waals surface area contributed by atoms with E-state index < -0.39 is 45.5 Å². The van der Waals surface area contributed by atoms with Crippen molar-refractivity contribution in [1.82, 2.24) is 0 Å². The number of hydrogen-bond acceptors (Lipinski definition) is 7. The average molecular weight is 346 g/mol. The van der Waals surface area contributed by atoms with Gasteiger partial charge in [0.25, 0.3) is 0 Å². The second kappa shape index (κ2) is 12.0. The van der Waals surface area contributed by atoms with Crippen LogP contribution in [0.2, 0.25) is 0 Å². The summed E-state index contributed by atoms with van der Waals surface area (Å²) < 4.78 is 14.1. The summed E-state index contributed by atoms with van der Waals surface area (Å²) in [6.07, 6.45) is -7.27. The fourth-order valence-electron chi connectivity index (χ4n) is 0.835. The zero-order chi connectivity index (χ0) is 12.9. The first kappa shape index (κ1) is 25.4. The van der Waals surface area contributed by atoms with Crippen LogP contribution in [-0.4, -0.2) is 148 Å². The summed E-state index contributed by atoms with van der Waals surface area (Å²) in [7, 11) is -4.78. The molecule has 0 saturated heterocycles. The van der Waals surface area contributed by atoms with Gasteiger partial charge >= 0.3 is 83.3 Å². The van der Waals surface area contributed by atoms with Gasteiger partial charge in [-0.25, -0.2) is 4.57 Å². The van der Waals surface area contributed by atoms with E-state index >= 15 is 0 Å². The van der Waals surface area contributed by atoms with Crippen molar-refractivity contribution in [1.29, 1.82) is 0 Å². The predicted octanol–water partition coefficient (Wildman–Crippen LogP) is -5.30. The number of aliphatic hydroxyl groups is 5. The van der Waals surface area contributed by atoms with Crippen molar-refractivity contribution in [3.63, 3.8) is 0 Å². The van der Waals surface area contributed by atoms with Gasteiger partial charge in [-0.1, -0.05) is 0 Å². The number of phosphoric ester groups is 1. The van der Waals surface area contributed by atoms with E-state index in [-0.39, 0.29) is 75.5 Å². The molecule has 0 unspecified atom stereocenters. The molecule has 12 heteroatoms. The Balaban J connectivity index is -0.00000112. The van der Waals surface area contributed by atoms with Crippen molar-refractivity contribution in [3.05, 3.63) is 0 Å². The van der Waals surface area contributed by atoms with E-state index in [1.165, 1.54) is 0 Å². The van der Waals surface area contributed by atoms with E-state index in [9.17, 15) is 9.67 Å². The quantitative estimate of drug-likeness (QED) is 0.176. The van der Waals surface area contributed by atoms with Crippen molar-refractivity contribution in [2.24, 2.45) is 0 Å². The normalized spacial score (nSPS) is 17.9. The first-order valence-electron chi connectivity index (χ1n) is 4.22. The standard InChI is InChI=1S/C6H15O9P.2Ca.4H/c7-1-3(8)5(10)6(11)4(9)2-15-16(12,13)14;;;;;;/h3-11H,1-2H2,(H2,12,13,14);;;;;;/t3-,4-,5-,6-;;;;;;/m1....../s1. The zero-order valence-corrected chi connectivity index (χ0v) is 9.01. The zero-order valence-electron chi connectivity index (χ0n) is 8.12. The summed E-state index contributed by atoms with van der Waals surface area (Å²) in [4.78, 5) is 16.6. The molecule has 0 radical (unpaired) electrons. The Labute approximate surface area is 163 Å². The minimum atomic E-state index is -4.78. The van der Waals surface area contributed by atoms with Crippen LogP contribution in [0.5, 0.6) is 0 Å². The van der Waals surface area contributed by atoms with Gasteiger partial charge in [0.2, 0.25) is 0 Å². The van der Waals surface area contributed by atoms with Gasteiger partial charge in [-0.05, 0) is 0 Å². The van der Waals surface area contributed by atoms with Crippen LogP contribution < -0.4 is 0 Å². The Morgan fingerprint density at radius 1 is 0.944 bits per heavy atom. The van der Waals surface area contributed by atoms with Gasteiger partial charge in [0.15, 0.2) is 0 Å². The van der Waals surface area contributed by atoms with E-state index in [4.69, 9.17) is 30.2 Å². The van der Waals surface area contributed by atoms with Crippen LogP contribution in [0, 0.1) is 0 Å². The Morgan fingerprint density at radius 3 is 1.67 bits per heavy atom. The fraction of sp³-hybridized carbons (Fsp3) is 1.00. The summed E-state index contributed by atoms with van der Waals surface area (Å²) >= 11 is 0. The summed E-state index contributed by atoms with van der Waals surface area (Å²) in [5, 5.41) is 44.8. The summed E-state index contributed by atoms with van der Waals surface area (Å²) in [6, 6.07) is 0. The van der Waals surface area contributed by atoms with E-state index in [0.29, 0.717) is 0 Å². The van der Waals surface area contributed by atoms with Crippen LogP contribution >= 0.6 is 7.82 Å². The number of aliphatic hydroxyl groups excluding tert-OH is 5. The van der Waals surface area contributed by atoms with E-state index in [1.807, 2.05) is 0 Å². The number of phosphoric acid groups is 1. The third-order valence-corrected chi connectivity index (χ3v) is 2.22. The van der Waals surface area contributed by atoms with E-state index in [1.54, 1.807) is 0 Å². The third kappa shape index (κ3) is 11.1. The number of rotatable bonds is 7. The molecule has 0 heterocycles. The number of hydrogen-bond donors (Lipinski definition) is 7. The first-order valence-corrected chi connectivity index (χ1v) is 5.75. The van der Waals surface area contributed by atoms with Crippen molar-refractivity contribution in [2.75, 3.05) is 13.2 Å². The van der Waals surface area contributed by atoms with Gasteiger partial charge in [0.1, 0.15) is 24.4 Å².